The molecule has 0 aliphatic rings. The fraction of sp³-hybridized carbons (Fsp3) is 0.300. The van der Waals surface area contributed by atoms with Crippen molar-refractivity contribution in [3.8, 4) is 0 Å². The van der Waals surface area contributed by atoms with Crippen LogP contribution in [-0.2, 0) is 16.1 Å². The predicted molar refractivity (Wildman–Crippen MR) is 59.3 cm³/mol. The second-order valence-electron chi connectivity index (χ2n) is 2.88. The third-order valence-electron chi connectivity index (χ3n) is 1.73. The topological polar surface area (TPSA) is 26.3 Å². The third-order valence-corrected chi connectivity index (χ3v) is 2.57. The van der Waals surface area contributed by atoms with Gasteiger partial charge in [0.25, 0.3) is 0 Å². The van der Waals surface area contributed by atoms with Gasteiger partial charge in [0, 0.05) is 4.47 Å². The second kappa shape index (κ2) is 5.49. The van der Waals surface area contributed by atoms with E-state index < -0.39 is 11.3 Å². The van der Waals surface area contributed by atoms with Gasteiger partial charge in [-0.2, -0.15) is 0 Å². The summed E-state index contributed by atoms with van der Waals surface area (Å²) in [5.41, 5.74) is 1.01. The van der Waals surface area contributed by atoms with Crippen LogP contribution in [0.25, 0.3) is 0 Å². The molecule has 0 aliphatic carbocycles. The van der Waals surface area contributed by atoms with Gasteiger partial charge in [0.2, 0.25) is 5.24 Å². The van der Waals surface area contributed by atoms with Gasteiger partial charge in [0.1, 0.15) is 6.10 Å². The molecule has 1 aromatic carbocycles. The summed E-state index contributed by atoms with van der Waals surface area (Å²) in [5.74, 6) is 0. The minimum Gasteiger partial charge on any atom is -0.365 e. The maximum atomic E-state index is 10.7. The van der Waals surface area contributed by atoms with Crippen LogP contribution in [0.5, 0.6) is 0 Å². The van der Waals surface area contributed by atoms with E-state index in [9.17, 15) is 4.79 Å². The number of ether oxygens (including phenoxy) is 1. The normalized spacial score (nSPS) is 12.5. The van der Waals surface area contributed by atoms with Gasteiger partial charge in [-0.3, -0.25) is 4.79 Å². The van der Waals surface area contributed by atoms with Crippen LogP contribution in [0.1, 0.15) is 12.5 Å². The fourth-order valence-corrected chi connectivity index (χ4v) is 1.19. The zero-order chi connectivity index (χ0) is 10.6. The number of carbonyl (C=O) groups is 1. The highest BCUT2D eigenvalue weighted by molar-refractivity contribution is 9.10. The first kappa shape index (κ1) is 11.7. The van der Waals surface area contributed by atoms with Crippen LogP contribution < -0.4 is 0 Å². The summed E-state index contributed by atoms with van der Waals surface area (Å²) in [6, 6.07) is 7.70. The molecule has 0 bridgehead atoms. The monoisotopic (exact) mass is 276 g/mol. The fourth-order valence-electron chi connectivity index (χ4n) is 0.867. The zero-order valence-electron chi connectivity index (χ0n) is 7.67. The van der Waals surface area contributed by atoms with Crippen molar-refractivity contribution in [2.45, 2.75) is 19.6 Å². The Bertz CT molecular complexity index is 310. The van der Waals surface area contributed by atoms with Crippen molar-refractivity contribution in [1.82, 2.24) is 0 Å². The molecular weight excluding hydrogens is 267 g/mol. The molecule has 76 valence electrons. The van der Waals surface area contributed by atoms with Crippen LogP contribution in [0.2, 0.25) is 0 Å². The summed E-state index contributed by atoms with van der Waals surface area (Å²) in [6.45, 7) is 2.03. The summed E-state index contributed by atoms with van der Waals surface area (Å²) in [4.78, 5) is 10.7. The molecule has 0 saturated carbocycles. The van der Waals surface area contributed by atoms with E-state index in [2.05, 4.69) is 15.9 Å². The van der Waals surface area contributed by atoms with Gasteiger partial charge >= 0.3 is 0 Å². The Kier molecular flexibility index (Phi) is 4.58. The Labute approximate surface area is 96.3 Å². The SMILES string of the molecule is C[C@H](OCc1ccc(Br)cc1)C(=O)Cl. The Morgan fingerprint density at radius 3 is 2.57 bits per heavy atom. The molecule has 0 heterocycles. The van der Waals surface area contributed by atoms with Crippen LogP contribution in [0.3, 0.4) is 0 Å². The summed E-state index contributed by atoms with van der Waals surface area (Å²) in [6.07, 6.45) is -0.555. The van der Waals surface area contributed by atoms with E-state index in [0.717, 1.165) is 10.0 Å². The first-order valence-electron chi connectivity index (χ1n) is 4.15. The average Bonchev–Trinajstić information content (AvgIpc) is 2.16. The highest BCUT2D eigenvalue weighted by Gasteiger charge is 2.09. The molecule has 1 aromatic rings. The van der Waals surface area contributed by atoms with Crippen LogP contribution in [0.4, 0.5) is 0 Å². The molecule has 0 saturated heterocycles. The van der Waals surface area contributed by atoms with E-state index in [0.29, 0.717) is 6.61 Å². The average molecular weight is 278 g/mol. The largest absolute Gasteiger partial charge is 0.365 e. The van der Waals surface area contributed by atoms with E-state index in [-0.39, 0.29) is 0 Å². The lowest BCUT2D eigenvalue weighted by Crippen LogP contribution is -2.15. The third kappa shape index (κ3) is 3.78. The quantitative estimate of drug-likeness (QED) is 0.791. The number of rotatable bonds is 4. The van der Waals surface area contributed by atoms with Crippen LogP contribution in [0.15, 0.2) is 28.7 Å². The van der Waals surface area contributed by atoms with Crippen LogP contribution in [-0.4, -0.2) is 11.3 Å². The van der Waals surface area contributed by atoms with Crippen molar-refractivity contribution in [3.05, 3.63) is 34.3 Å². The molecule has 2 nitrogen and oxygen atoms in total. The van der Waals surface area contributed by atoms with E-state index in [1.165, 1.54) is 0 Å². The lowest BCUT2D eigenvalue weighted by Gasteiger charge is -2.08. The summed E-state index contributed by atoms with van der Waals surface area (Å²) < 4.78 is 6.25. The predicted octanol–water partition coefficient (Wildman–Crippen LogP) is 3.12. The van der Waals surface area contributed by atoms with E-state index in [1.54, 1.807) is 6.92 Å². The van der Waals surface area contributed by atoms with Gasteiger partial charge in [-0.15, -0.1) is 0 Å². The molecular formula is C10H10BrClO2. The molecule has 0 N–H and O–H groups in total. The highest BCUT2D eigenvalue weighted by atomic mass is 79.9. The molecule has 0 unspecified atom stereocenters. The smallest absolute Gasteiger partial charge is 0.250 e. The van der Waals surface area contributed by atoms with Gasteiger partial charge in [0.15, 0.2) is 0 Å². The molecule has 14 heavy (non-hydrogen) atoms. The lowest BCUT2D eigenvalue weighted by molar-refractivity contribution is -0.122. The number of hydrogen-bond donors (Lipinski definition) is 0. The summed E-state index contributed by atoms with van der Waals surface area (Å²) >= 11 is 8.58. The number of benzene rings is 1. The second-order valence-corrected chi connectivity index (χ2v) is 4.17. The van der Waals surface area contributed by atoms with Crippen molar-refractivity contribution in [3.63, 3.8) is 0 Å². The number of carbonyl (C=O) groups excluding carboxylic acids is 1. The molecule has 0 radical (unpaired) electrons. The zero-order valence-corrected chi connectivity index (χ0v) is 10.0. The van der Waals surface area contributed by atoms with Crippen LogP contribution in [0, 0.1) is 0 Å². The van der Waals surface area contributed by atoms with Crippen molar-refractivity contribution in [1.29, 1.82) is 0 Å². The first-order valence-corrected chi connectivity index (χ1v) is 5.32. The van der Waals surface area contributed by atoms with Crippen molar-refractivity contribution < 1.29 is 9.53 Å². The lowest BCUT2D eigenvalue weighted by atomic mass is 10.2. The van der Waals surface area contributed by atoms with Gasteiger partial charge in [-0.1, -0.05) is 28.1 Å². The van der Waals surface area contributed by atoms with Crippen molar-refractivity contribution >= 4 is 32.8 Å². The number of halogens is 2. The van der Waals surface area contributed by atoms with E-state index in [4.69, 9.17) is 16.3 Å². The van der Waals surface area contributed by atoms with Crippen molar-refractivity contribution in [2.24, 2.45) is 0 Å². The standard InChI is InChI=1S/C10H10BrClO2/c1-7(10(12)13)14-6-8-2-4-9(11)5-3-8/h2-5,7H,6H2,1H3/t7-/m0/s1. The summed E-state index contributed by atoms with van der Waals surface area (Å²) in [7, 11) is 0. The first-order chi connectivity index (χ1) is 6.59. The minimum absolute atomic E-state index is 0.396. The molecule has 0 fully saturated rings. The van der Waals surface area contributed by atoms with Crippen LogP contribution >= 0.6 is 27.5 Å². The summed E-state index contributed by atoms with van der Waals surface area (Å²) in [5, 5.41) is -0.470. The Morgan fingerprint density at radius 2 is 2.07 bits per heavy atom. The molecule has 1 atom stereocenters. The minimum atomic E-state index is -0.555. The number of hydrogen-bond acceptors (Lipinski definition) is 2. The van der Waals surface area contributed by atoms with Gasteiger partial charge in [-0.05, 0) is 36.2 Å². The molecule has 0 aromatic heterocycles. The Hall–Kier alpha value is -0.380. The van der Waals surface area contributed by atoms with Crippen molar-refractivity contribution in [2.75, 3.05) is 0 Å². The molecule has 1 rings (SSSR count). The highest BCUT2D eigenvalue weighted by Crippen LogP contribution is 2.12. The molecule has 0 aliphatic heterocycles. The van der Waals surface area contributed by atoms with E-state index in [1.807, 2.05) is 24.3 Å². The van der Waals surface area contributed by atoms with Gasteiger partial charge in [0.05, 0.1) is 6.61 Å². The molecule has 0 spiro atoms. The van der Waals surface area contributed by atoms with Gasteiger partial charge < -0.3 is 4.74 Å². The maximum Gasteiger partial charge on any atom is 0.250 e. The molecule has 4 heteroatoms. The Balaban J connectivity index is 2.46. The van der Waals surface area contributed by atoms with Gasteiger partial charge in [-0.25, -0.2) is 0 Å². The maximum absolute atomic E-state index is 10.7. The molecule has 0 amide bonds. The van der Waals surface area contributed by atoms with E-state index >= 15 is 0 Å². The Morgan fingerprint density at radius 1 is 1.50 bits per heavy atom.